The molecule has 1 N–H and O–H groups in total. The number of likely N-dealkylation sites (N-methyl/N-ethyl adjacent to an activating group) is 1. The standard InChI is InChI=1S/C13H26N4O2/c1-6-17(8-9-18-7-2)12-16-15-11(19-12)10-14-13(3,4)5/h14H,6-10H2,1-5H3. The molecule has 6 nitrogen and oxygen atoms in total. The molecule has 0 unspecified atom stereocenters. The Balaban J connectivity index is 2.51. The molecule has 0 atom stereocenters. The van der Waals surface area contributed by atoms with Crippen LogP contribution in [0.5, 0.6) is 0 Å². The maximum atomic E-state index is 5.65. The summed E-state index contributed by atoms with van der Waals surface area (Å²) in [5.41, 5.74) is 0.0358. The Bertz CT molecular complexity index is 360. The van der Waals surface area contributed by atoms with Crippen LogP contribution in [-0.4, -0.2) is 42.0 Å². The highest BCUT2D eigenvalue weighted by Gasteiger charge is 2.15. The van der Waals surface area contributed by atoms with Gasteiger partial charge in [-0.3, -0.25) is 0 Å². The largest absolute Gasteiger partial charge is 0.407 e. The summed E-state index contributed by atoms with van der Waals surface area (Å²) >= 11 is 0. The molecular formula is C13H26N4O2. The van der Waals surface area contributed by atoms with E-state index in [0.717, 1.165) is 19.7 Å². The van der Waals surface area contributed by atoms with Crippen LogP contribution in [0, 0.1) is 0 Å². The molecule has 0 saturated heterocycles. The third kappa shape index (κ3) is 6.02. The highest BCUT2D eigenvalue weighted by molar-refractivity contribution is 5.23. The lowest BCUT2D eigenvalue weighted by atomic mass is 10.1. The Morgan fingerprint density at radius 3 is 2.58 bits per heavy atom. The molecule has 0 radical (unpaired) electrons. The van der Waals surface area contributed by atoms with Gasteiger partial charge in [0.25, 0.3) is 0 Å². The van der Waals surface area contributed by atoms with Gasteiger partial charge in [0.1, 0.15) is 0 Å². The smallest absolute Gasteiger partial charge is 0.318 e. The Morgan fingerprint density at radius 1 is 1.26 bits per heavy atom. The zero-order valence-electron chi connectivity index (χ0n) is 12.7. The van der Waals surface area contributed by atoms with Crippen LogP contribution in [0.25, 0.3) is 0 Å². The van der Waals surface area contributed by atoms with Gasteiger partial charge in [0, 0.05) is 25.2 Å². The van der Waals surface area contributed by atoms with E-state index in [1.54, 1.807) is 0 Å². The first-order valence-corrected chi connectivity index (χ1v) is 6.86. The maximum Gasteiger partial charge on any atom is 0.318 e. The minimum Gasteiger partial charge on any atom is -0.407 e. The second-order valence-corrected chi connectivity index (χ2v) is 5.36. The van der Waals surface area contributed by atoms with E-state index in [1.807, 2.05) is 11.8 Å². The summed E-state index contributed by atoms with van der Waals surface area (Å²) in [6.07, 6.45) is 0. The van der Waals surface area contributed by atoms with Crippen molar-refractivity contribution in [3.63, 3.8) is 0 Å². The molecule has 1 rings (SSSR count). The predicted octanol–water partition coefficient (Wildman–Crippen LogP) is 1.82. The summed E-state index contributed by atoms with van der Waals surface area (Å²) in [6.45, 7) is 13.9. The highest BCUT2D eigenvalue weighted by Crippen LogP contribution is 2.12. The molecule has 19 heavy (non-hydrogen) atoms. The number of nitrogens with zero attached hydrogens (tertiary/aromatic N) is 3. The second-order valence-electron chi connectivity index (χ2n) is 5.36. The topological polar surface area (TPSA) is 63.4 Å². The van der Waals surface area contributed by atoms with Crippen molar-refractivity contribution in [2.45, 2.75) is 46.7 Å². The van der Waals surface area contributed by atoms with Crippen molar-refractivity contribution in [3.8, 4) is 0 Å². The lowest BCUT2D eigenvalue weighted by Crippen LogP contribution is -2.35. The lowest BCUT2D eigenvalue weighted by molar-refractivity contribution is 0.153. The summed E-state index contributed by atoms with van der Waals surface area (Å²) < 4.78 is 11.0. The van der Waals surface area contributed by atoms with Crippen LogP contribution in [-0.2, 0) is 11.3 Å². The van der Waals surface area contributed by atoms with Crippen molar-refractivity contribution >= 4 is 6.01 Å². The summed E-state index contributed by atoms with van der Waals surface area (Å²) in [7, 11) is 0. The normalized spacial score (nSPS) is 11.8. The zero-order chi connectivity index (χ0) is 14.3. The lowest BCUT2D eigenvalue weighted by Gasteiger charge is -2.19. The van der Waals surface area contributed by atoms with Crippen LogP contribution in [0.2, 0.25) is 0 Å². The van der Waals surface area contributed by atoms with Gasteiger partial charge in [-0.2, -0.15) is 0 Å². The summed E-state index contributed by atoms with van der Waals surface area (Å²) in [4.78, 5) is 2.02. The second kappa shape index (κ2) is 7.45. The van der Waals surface area contributed by atoms with E-state index in [1.165, 1.54) is 0 Å². The number of anilines is 1. The van der Waals surface area contributed by atoms with E-state index in [-0.39, 0.29) is 5.54 Å². The minimum atomic E-state index is 0.0358. The quantitative estimate of drug-likeness (QED) is 0.727. The van der Waals surface area contributed by atoms with Gasteiger partial charge < -0.3 is 19.4 Å². The summed E-state index contributed by atoms with van der Waals surface area (Å²) in [5, 5.41) is 11.5. The molecule has 0 aliphatic carbocycles. The van der Waals surface area contributed by atoms with E-state index in [9.17, 15) is 0 Å². The average Bonchev–Trinajstić information content (AvgIpc) is 2.80. The number of rotatable bonds is 8. The third-order valence-corrected chi connectivity index (χ3v) is 2.59. The molecule has 110 valence electrons. The fourth-order valence-electron chi connectivity index (χ4n) is 1.49. The van der Waals surface area contributed by atoms with Gasteiger partial charge in [-0.25, -0.2) is 0 Å². The molecule has 0 aliphatic rings. The van der Waals surface area contributed by atoms with Crippen molar-refractivity contribution in [1.82, 2.24) is 15.5 Å². The first-order valence-electron chi connectivity index (χ1n) is 6.86. The zero-order valence-corrected chi connectivity index (χ0v) is 12.7. The number of nitrogens with one attached hydrogen (secondary N) is 1. The molecule has 0 fully saturated rings. The van der Waals surface area contributed by atoms with Gasteiger partial charge in [0.15, 0.2) is 0 Å². The van der Waals surface area contributed by atoms with Crippen LogP contribution in [0.1, 0.15) is 40.5 Å². The van der Waals surface area contributed by atoms with Crippen molar-refractivity contribution in [3.05, 3.63) is 5.89 Å². The van der Waals surface area contributed by atoms with Gasteiger partial charge >= 0.3 is 6.01 Å². The van der Waals surface area contributed by atoms with Crippen molar-refractivity contribution < 1.29 is 9.15 Å². The Morgan fingerprint density at radius 2 is 2.00 bits per heavy atom. The SMILES string of the molecule is CCOCCN(CC)c1nnc(CNC(C)(C)C)o1. The first-order chi connectivity index (χ1) is 8.96. The van der Waals surface area contributed by atoms with E-state index in [2.05, 4.69) is 43.2 Å². The van der Waals surface area contributed by atoms with Gasteiger partial charge in [-0.1, -0.05) is 5.10 Å². The maximum absolute atomic E-state index is 5.65. The van der Waals surface area contributed by atoms with Gasteiger partial charge in [0.05, 0.1) is 13.2 Å². The van der Waals surface area contributed by atoms with Crippen molar-refractivity contribution in [2.75, 3.05) is 31.2 Å². The van der Waals surface area contributed by atoms with E-state index >= 15 is 0 Å². The number of ether oxygens (including phenoxy) is 1. The van der Waals surface area contributed by atoms with E-state index in [4.69, 9.17) is 9.15 Å². The molecule has 1 aromatic rings. The number of aromatic nitrogens is 2. The minimum absolute atomic E-state index is 0.0358. The number of hydrogen-bond donors (Lipinski definition) is 1. The molecule has 1 aromatic heterocycles. The Labute approximate surface area is 115 Å². The molecule has 0 aromatic carbocycles. The molecule has 1 heterocycles. The molecule has 0 bridgehead atoms. The van der Waals surface area contributed by atoms with Gasteiger partial charge in [-0.15, -0.1) is 5.10 Å². The van der Waals surface area contributed by atoms with Crippen LogP contribution in [0.15, 0.2) is 4.42 Å². The van der Waals surface area contributed by atoms with E-state index in [0.29, 0.717) is 25.1 Å². The fraction of sp³-hybridized carbons (Fsp3) is 0.846. The highest BCUT2D eigenvalue weighted by atomic mass is 16.5. The predicted molar refractivity (Wildman–Crippen MR) is 75.3 cm³/mol. The van der Waals surface area contributed by atoms with Gasteiger partial charge in [0.2, 0.25) is 5.89 Å². The van der Waals surface area contributed by atoms with Crippen LogP contribution < -0.4 is 10.2 Å². The fourth-order valence-corrected chi connectivity index (χ4v) is 1.49. The van der Waals surface area contributed by atoms with E-state index < -0.39 is 0 Å². The first kappa shape index (κ1) is 15.9. The molecule has 0 spiro atoms. The van der Waals surface area contributed by atoms with Crippen LogP contribution in [0.4, 0.5) is 6.01 Å². The van der Waals surface area contributed by atoms with Gasteiger partial charge in [-0.05, 0) is 34.6 Å². The average molecular weight is 270 g/mol. The van der Waals surface area contributed by atoms with Crippen molar-refractivity contribution in [2.24, 2.45) is 0 Å². The third-order valence-electron chi connectivity index (χ3n) is 2.59. The van der Waals surface area contributed by atoms with Crippen LogP contribution in [0.3, 0.4) is 0 Å². The Kier molecular flexibility index (Phi) is 6.24. The summed E-state index contributed by atoms with van der Waals surface area (Å²) in [6, 6.07) is 0.563. The van der Waals surface area contributed by atoms with Crippen molar-refractivity contribution in [1.29, 1.82) is 0 Å². The van der Waals surface area contributed by atoms with Crippen LogP contribution >= 0.6 is 0 Å². The monoisotopic (exact) mass is 270 g/mol. The summed E-state index contributed by atoms with van der Waals surface area (Å²) in [5.74, 6) is 0.611. The molecule has 6 heteroatoms. The Hall–Kier alpha value is -1.14. The number of hydrogen-bond acceptors (Lipinski definition) is 6. The molecular weight excluding hydrogens is 244 g/mol. The molecule has 0 aliphatic heterocycles. The molecule has 0 amide bonds. The molecule has 0 saturated carbocycles.